The van der Waals surface area contributed by atoms with Gasteiger partial charge >= 0.3 is 0 Å². The van der Waals surface area contributed by atoms with Crippen molar-refractivity contribution in [1.29, 1.82) is 0 Å². The van der Waals surface area contributed by atoms with Crippen molar-refractivity contribution in [3.63, 3.8) is 0 Å². The SMILES string of the molecule is CC1=C(C(=O)C(=O)Cl)C(=O)CC(C)(C)C1. The molecule has 0 aliphatic heterocycles. The van der Waals surface area contributed by atoms with E-state index in [2.05, 4.69) is 0 Å². The topological polar surface area (TPSA) is 51.2 Å². The fourth-order valence-electron chi connectivity index (χ4n) is 2.05. The second-order valence-corrected chi connectivity index (χ2v) is 5.04. The minimum Gasteiger partial charge on any atom is -0.294 e. The van der Waals surface area contributed by atoms with Crippen LogP contribution in [0, 0.1) is 5.41 Å². The molecule has 1 rings (SSSR count). The van der Waals surface area contributed by atoms with Crippen molar-refractivity contribution >= 4 is 28.4 Å². The lowest BCUT2D eigenvalue weighted by Crippen LogP contribution is -2.30. The van der Waals surface area contributed by atoms with Gasteiger partial charge in [-0.15, -0.1) is 0 Å². The predicted octanol–water partition coefficient (Wildman–Crippen LogP) is 2.03. The summed E-state index contributed by atoms with van der Waals surface area (Å²) in [6, 6.07) is 0. The summed E-state index contributed by atoms with van der Waals surface area (Å²) >= 11 is 5.09. The Kier molecular flexibility index (Phi) is 3.14. The van der Waals surface area contributed by atoms with Gasteiger partial charge < -0.3 is 0 Å². The lowest BCUT2D eigenvalue weighted by atomic mass is 9.73. The lowest BCUT2D eigenvalue weighted by molar-refractivity contribution is -0.132. The van der Waals surface area contributed by atoms with E-state index in [4.69, 9.17) is 11.6 Å². The van der Waals surface area contributed by atoms with Gasteiger partial charge in [-0.1, -0.05) is 19.4 Å². The van der Waals surface area contributed by atoms with Crippen molar-refractivity contribution in [2.24, 2.45) is 5.41 Å². The third-order valence-corrected chi connectivity index (χ3v) is 2.67. The van der Waals surface area contributed by atoms with Gasteiger partial charge in [0.25, 0.3) is 5.24 Å². The maximum absolute atomic E-state index is 11.7. The van der Waals surface area contributed by atoms with Gasteiger partial charge in [-0.3, -0.25) is 14.4 Å². The molecule has 0 aromatic rings. The largest absolute Gasteiger partial charge is 0.294 e. The molecular weight excluding hydrogens is 216 g/mol. The average Bonchev–Trinajstić information content (AvgIpc) is 1.99. The van der Waals surface area contributed by atoms with E-state index in [0.29, 0.717) is 12.0 Å². The molecule has 3 nitrogen and oxygen atoms in total. The summed E-state index contributed by atoms with van der Waals surface area (Å²) in [6.07, 6.45) is 0.930. The van der Waals surface area contributed by atoms with Crippen molar-refractivity contribution < 1.29 is 14.4 Å². The molecule has 0 unspecified atom stereocenters. The van der Waals surface area contributed by atoms with Crippen LogP contribution in [-0.4, -0.2) is 16.8 Å². The van der Waals surface area contributed by atoms with Crippen LogP contribution < -0.4 is 0 Å². The molecule has 0 atom stereocenters. The second-order valence-electron chi connectivity index (χ2n) is 4.70. The Morgan fingerprint density at radius 2 is 1.80 bits per heavy atom. The zero-order chi connectivity index (χ0) is 11.8. The molecule has 0 amide bonds. The summed E-state index contributed by atoms with van der Waals surface area (Å²) in [5, 5.41) is -1.09. The van der Waals surface area contributed by atoms with Gasteiger partial charge in [0.2, 0.25) is 5.78 Å². The molecule has 1 aliphatic carbocycles. The molecular formula is C11H13ClO3. The third-order valence-electron chi connectivity index (χ3n) is 2.49. The Bertz CT molecular complexity index is 377. The van der Waals surface area contributed by atoms with Gasteiger partial charge in [0, 0.05) is 6.42 Å². The van der Waals surface area contributed by atoms with E-state index in [1.54, 1.807) is 6.92 Å². The van der Waals surface area contributed by atoms with Crippen LogP contribution in [0.1, 0.15) is 33.6 Å². The molecule has 4 heteroatoms. The minimum atomic E-state index is -1.09. The number of carbonyl (C=O) groups is 3. The van der Waals surface area contributed by atoms with Crippen LogP contribution in [-0.2, 0) is 14.4 Å². The van der Waals surface area contributed by atoms with Crippen LogP contribution in [0.3, 0.4) is 0 Å². The van der Waals surface area contributed by atoms with E-state index in [0.717, 1.165) is 0 Å². The van der Waals surface area contributed by atoms with E-state index < -0.39 is 11.0 Å². The average molecular weight is 229 g/mol. The van der Waals surface area contributed by atoms with Crippen molar-refractivity contribution in [3.8, 4) is 0 Å². The van der Waals surface area contributed by atoms with E-state index in [9.17, 15) is 14.4 Å². The smallest absolute Gasteiger partial charge is 0.293 e. The number of hydrogen-bond donors (Lipinski definition) is 0. The van der Waals surface area contributed by atoms with E-state index >= 15 is 0 Å². The molecule has 82 valence electrons. The Morgan fingerprint density at radius 3 is 2.20 bits per heavy atom. The van der Waals surface area contributed by atoms with Crippen LogP contribution in [0.2, 0.25) is 0 Å². The predicted molar refractivity (Wildman–Crippen MR) is 56.6 cm³/mol. The molecule has 0 heterocycles. The maximum Gasteiger partial charge on any atom is 0.293 e. The summed E-state index contributed by atoms with van der Waals surface area (Å²) in [6.45, 7) is 5.61. The molecule has 0 bridgehead atoms. The molecule has 15 heavy (non-hydrogen) atoms. The highest BCUT2D eigenvalue weighted by molar-refractivity contribution is 6.84. The molecule has 0 saturated heterocycles. The number of halogens is 1. The van der Waals surface area contributed by atoms with Crippen LogP contribution in [0.15, 0.2) is 11.1 Å². The van der Waals surface area contributed by atoms with Crippen LogP contribution in [0.25, 0.3) is 0 Å². The van der Waals surface area contributed by atoms with Crippen molar-refractivity contribution in [3.05, 3.63) is 11.1 Å². The third kappa shape index (κ3) is 2.53. The monoisotopic (exact) mass is 228 g/mol. The highest BCUT2D eigenvalue weighted by Crippen LogP contribution is 2.36. The molecule has 0 aromatic carbocycles. The number of rotatable bonds is 2. The van der Waals surface area contributed by atoms with Crippen LogP contribution in [0.4, 0.5) is 0 Å². The van der Waals surface area contributed by atoms with Gasteiger partial charge in [0.1, 0.15) is 0 Å². The first-order chi connectivity index (χ1) is 6.74. The summed E-state index contributed by atoms with van der Waals surface area (Å²) < 4.78 is 0. The zero-order valence-electron chi connectivity index (χ0n) is 9.02. The molecule has 0 fully saturated rings. The van der Waals surface area contributed by atoms with E-state index in [-0.39, 0.29) is 23.2 Å². The van der Waals surface area contributed by atoms with Crippen LogP contribution >= 0.6 is 11.6 Å². The summed E-state index contributed by atoms with van der Waals surface area (Å²) in [5.41, 5.74) is 0.518. The number of carbonyl (C=O) groups excluding carboxylic acids is 3. The molecule has 0 spiro atoms. The van der Waals surface area contributed by atoms with Gasteiger partial charge in [0.05, 0.1) is 5.57 Å². The summed E-state index contributed by atoms with van der Waals surface area (Å²) in [5.74, 6) is -1.14. The number of allylic oxidation sites excluding steroid dienone is 2. The molecule has 0 N–H and O–H groups in total. The number of ketones is 2. The van der Waals surface area contributed by atoms with Crippen molar-refractivity contribution in [1.82, 2.24) is 0 Å². The fraction of sp³-hybridized carbons (Fsp3) is 0.545. The Balaban J connectivity index is 3.13. The molecule has 0 saturated carbocycles. The second kappa shape index (κ2) is 3.89. The van der Waals surface area contributed by atoms with Gasteiger partial charge in [-0.05, 0) is 30.4 Å². The highest BCUT2D eigenvalue weighted by atomic mass is 35.5. The molecule has 0 radical (unpaired) electrons. The number of hydrogen-bond acceptors (Lipinski definition) is 3. The fourth-order valence-corrected chi connectivity index (χ4v) is 2.14. The molecule has 1 aliphatic rings. The first kappa shape index (κ1) is 12.1. The van der Waals surface area contributed by atoms with Gasteiger partial charge in [-0.2, -0.15) is 0 Å². The van der Waals surface area contributed by atoms with E-state index in [1.165, 1.54) is 0 Å². The summed E-state index contributed by atoms with van der Waals surface area (Å²) in [4.78, 5) is 33.8. The Labute approximate surface area is 93.5 Å². The zero-order valence-corrected chi connectivity index (χ0v) is 9.77. The Hall–Kier alpha value is -0.960. The van der Waals surface area contributed by atoms with Gasteiger partial charge in [-0.25, -0.2) is 0 Å². The van der Waals surface area contributed by atoms with Crippen molar-refractivity contribution in [2.75, 3.05) is 0 Å². The maximum atomic E-state index is 11.7. The highest BCUT2D eigenvalue weighted by Gasteiger charge is 2.35. The first-order valence-corrected chi connectivity index (χ1v) is 5.09. The normalized spacial score (nSPS) is 20.4. The number of Topliss-reactive ketones (excluding diaryl/α,β-unsaturated/α-hetero) is 2. The minimum absolute atomic E-state index is 0.00525. The van der Waals surface area contributed by atoms with Crippen LogP contribution in [0.5, 0.6) is 0 Å². The Morgan fingerprint density at radius 1 is 1.27 bits per heavy atom. The summed E-state index contributed by atoms with van der Waals surface area (Å²) in [7, 11) is 0. The van der Waals surface area contributed by atoms with Gasteiger partial charge in [0.15, 0.2) is 5.78 Å². The quantitative estimate of drug-likeness (QED) is 0.413. The van der Waals surface area contributed by atoms with E-state index in [1.807, 2.05) is 13.8 Å². The standard InChI is InChI=1S/C11H13ClO3/c1-6-4-11(2,3)5-7(13)8(6)9(14)10(12)15/h4-5H2,1-3H3. The lowest BCUT2D eigenvalue weighted by Gasteiger charge is -2.29. The molecule has 0 aromatic heterocycles. The first-order valence-electron chi connectivity index (χ1n) is 4.72. The van der Waals surface area contributed by atoms with Crippen molar-refractivity contribution in [2.45, 2.75) is 33.6 Å².